The number of aliphatic imine (C=N–C) groups is 1. The molecule has 0 spiro atoms. The maximum Gasteiger partial charge on any atom is 0.355 e. The maximum atomic E-state index is 13.3. The third kappa shape index (κ3) is 9.04. The van der Waals surface area contributed by atoms with Crippen molar-refractivity contribution in [2.24, 2.45) is 4.99 Å². The van der Waals surface area contributed by atoms with Crippen LogP contribution in [-0.2, 0) is 59.2 Å². The zero-order chi connectivity index (χ0) is 35.7. The standard InChI is InChI=1S/C38H45N3O8/c1-22-27(13-16-34(42)46-5)25(4)39-30(22)19-32-28(14-17-35(43)47-6)23(2)31(40-32)20-33-29(15-18-36(44)48-7)24(3)37(41-33)38(45)49-21-26-11-9-8-10-12-26/h8-12,19,39,41H,13-18,20-21H2,1-7H3/b32-19-. The van der Waals surface area contributed by atoms with Crippen molar-refractivity contribution in [3.63, 3.8) is 0 Å². The number of carbonyl (C=O) groups is 4. The molecule has 1 aliphatic heterocycles. The number of aryl methyl sites for hydroxylation is 1. The lowest BCUT2D eigenvalue weighted by molar-refractivity contribution is -0.141. The van der Waals surface area contributed by atoms with Crippen molar-refractivity contribution in [1.29, 1.82) is 0 Å². The highest BCUT2D eigenvalue weighted by molar-refractivity contribution is 6.06. The molecule has 0 saturated heterocycles. The Morgan fingerprint density at radius 2 is 1.35 bits per heavy atom. The molecular weight excluding hydrogens is 626 g/mol. The zero-order valence-corrected chi connectivity index (χ0v) is 29.3. The van der Waals surface area contributed by atoms with Gasteiger partial charge in [0.2, 0.25) is 0 Å². The van der Waals surface area contributed by atoms with Crippen molar-refractivity contribution < 1.29 is 38.1 Å². The first-order chi connectivity index (χ1) is 23.5. The van der Waals surface area contributed by atoms with Crippen LogP contribution in [0.25, 0.3) is 6.08 Å². The first-order valence-corrected chi connectivity index (χ1v) is 16.3. The van der Waals surface area contributed by atoms with Crippen LogP contribution in [0.3, 0.4) is 0 Å². The lowest BCUT2D eigenvalue weighted by Gasteiger charge is -2.08. The maximum absolute atomic E-state index is 13.3. The summed E-state index contributed by atoms with van der Waals surface area (Å²) in [6.45, 7) is 7.90. The smallest absolute Gasteiger partial charge is 0.355 e. The van der Waals surface area contributed by atoms with Gasteiger partial charge in [0.25, 0.3) is 0 Å². The van der Waals surface area contributed by atoms with E-state index in [1.54, 1.807) is 0 Å². The molecule has 11 nitrogen and oxygen atoms in total. The first-order valence-electron chi connectivity index (χ1n) is 16.3. The number of aromatic nitrogens is 2. The van der Waals surface area contributed by atoms with Gasteiger partial charge in [0.15, 0.2) is 0 Å². The van der Waals surface area contributed by atoms with Crippen LogP contribution in [0.4, 0.5) is 0 Å². The van der Waals surface area contributed by atoms with Gasteiger partial charge in [-0.2, -0.15) is 0 Å². The van der Waals surface area contributed by atoms with Crippen molar-refractivity contribution in [2.45, 2.75) is 79.2 Å². The van der Waals surface area contributed by atoms with Gasteiger partial charge in [-0.25, -0.2) is 4.79 Å². The lowest BCUT2D eigenvalue weighted by Crippen LogP contribution is -2.08. The van der Waals surface area contributed by atoms with Crippen molar-refractivity contribution in [1.82, 2.24) is 9.97 Å². The van der Waals surface area contributed by atoms with E-state index in [9.17, 15) is 19.2 Å². The summed E-state index contributed by atoms with van der Waals surface area (Å²) in [5.74, 6) is -1.44. The number of ether oxygens (including phenoxy) is 4. The highest BCUT2D eigenvalue weighted by Gasteiger charge is 2.27. The van der Waals surface area contributed by atoms with Gasteiger partial charge in [-0.3, -0.25) is 19.4 Å². The van der Waals surface area contributed by atoms with Crippen LogP contribution in [0.2, 0.25) is 0 Å². The Hall–Kier alpha value is -5.19. The molecule has 0 bridgehead atoms. The molecule has 260 valence electrons. The Balaban J connectivity index is 1.70. The Kier molecular flexibility index (Phi) is 12.5. The Morgan fingerprint density at radius 3 is 1.96 bits per heavy atom. The second kappa shape index (κ2) is 16.8. The highest BCUT2D eigenvalue weighted by Crippen LogP contribution is 2.34. The van der Waals surface area contributed by atoms with E-state index in [1.165, 1.54) is 21.3 Å². The molecular formula is C38H45N3O8. The number of hydrogen-bond acceptors (Lipinski definition) is 9. The van der Waals surface area contributed by atoms with E-state index < -0.39 is 5.97 Å². The molecule has 1 aliphatic rings. The zero-order valence-electron chi connectivity index (χ0n) is 29.3. The Labute approximate surface area is 286 Å². The average molecular weight is 672 g/mol. The molecule has 1 aromatic carbocycles. The van der Waals surface area contributed by atoms with E-state index in [0.29, 0.717) is 42.6 Å². The Bertz CT molecular complexity index is 1810. The van der Waals surface area contributed by atoms with Crippen molar-refractivity contribution in [3.05, 3.63) is 97.8 Å². The molecule has 0 fully saturated rings. The van der Waals surface area contributed by atoms with Crippen LogP contribution in [-0.4, -0.2) is 60.9 Å². The number of rotatable bonds is 15. The number of H-pyrrole nitrogens is 2. The molecule has 3 heterocycles. The summed E-state index contributed by atoms with van der Waals surface area (Å²) in [4.78, 5) is 61.2. The minimum atomic E-state index is -0.493. The largest absolute Gasteiger partial charge is 0.469 e. The molecule has 2 aromatic heterocycles. The number of nitrogens with one attached hydrogen (secondary N) is 2. The van der Waals surface area contributed by atoms with Gasteiger partial charge in [0.1, 0.15) is 12.3 Å². The predicted octanol–water partition coefficient (Wildman–Crippen LogP) is 6.14. The number of aromatic amines is 2. The second-order valence-corrected chi connectivity index (χ2v) is 12.0. The molecule has 11 heteroatoms. The Morgan fingerprint density at radius 1 is 0.755 bits per heavy atom. The molecule has 0 atom stereocenters. The number of carbonyl (C=O) groups excluding carboxylic acids is 4. The number of nitrogens with zero attached hydrogens (tertiary/aromatic N) is 1. The molecule has 0 amide bonds. The number of hydrogen-bond donors (Lipinski definition) is 2. The van der Waals surface area contributed by atoms with Gasteiger partial charge in [0.05, 0.1) is 32.7 Å². The fourth-order valence-electron chi connectivity index (χ4n) is 6.08. The molecule has 0 radical (unpaired) electrons. The summed E-state index contributed by atoms with van der Waals surface area (Å²) < 4.78 is 20.3. The van der Waals surface area contributed by atoms with Gasteiger partial charge in [-0.1, -0.05) is 30.3 Å². The van der Waals surface area contributed by atoms with Gasteiger partial charge in [-0.05, 0) is 92.0 Å². The second-order valence-electron chi connectivity index (χ2n) is 12.0. The fraction of sp³-hybridized carbons (Fsp3) is 0.395. The molecule has 0 aliphatic carbocycles. The third-order valence-corrected chi connectivity index (χ3v) is 9.01. The van der Waals surface area contributed by atoms with Gasteiger partial charge in [-0.15, -0.1) is 0 Å². The normalized spacial score (nSPS) is 13.4. The fourth-order valence-corrected chi connectivity index (χ4v) is 6.08. The summed E-state index contributed by atoms with van der Waals surface area (Å²) in [5, 5.41) is 0. The van der Waals surface area contributed by atoms with Crippen molar-refractivity contribution in [2.75, 3.05) is 21.3 Å². The molecule has 3 aromatic rings. The molecule has 49 heavy (non-hydrogen) atoms. The van der Waals surface area contributed by atoms with E-state index in [2.05, 4.69) is 9.97 Å². The first kappa shape index (κ1) is 36.6. The summed E-state index contributed by atoms with van der Waals surface area (Å²) in [6.07, 6.45) is 4.23. The number of benzene rings is 1. The summed E-state index contributed by atoms with van der Waals surface area (Å²) in [7, 11) is 4.09. The van der Waals surface area contributed by atoms with E-state index in [4.69, 9.17) is 23.9 Å². The molecule has 2 N–H and O–H groups in total. The van der Waals surface area contributed by atoms with E-state index in [-0.39, 0.29) is 43.8 Å². The molecule has 0 saturated carbocycles. The highest BCUT2D eigenvalue weighted by atomic mass is 16.5. The quantitative estimate of drug-likeness (QED) is 0.145. The summed E-state index contributed by atoms with van der Waals surface area (Å²) in [5.41, 5.74) is 10.6. The topological polar surface area (TPSA) is 149 Å². The van der Waals surface area contributed by atoms with Crippen LogP contribution >= 0.6 is 0 Å². The summed E-state index contributed by atoms with van der Waals surface area (Å²) in [6, 6.07) is 9.44. The lowest BCUT2D eigenvalue weighted by atomic mass is 9.96. The molecule has 4 rings (SSSR count). The number of methoxy groups -OCH3 is 3. The number of esters is 4. The summed E-state index contributed by atoms with van der Waals surface area (Å²) >= 11 is 0. The van der Waals surface area contributed by atoms with Crippen LogP contribution in [0.5, 0.6) is 0 Å². The van der Waals surface area contributed by atoms with Crippen LogP contribution < -0.4 is 0 Å². The minimum Gasteiger partial charge on any atom is -0.469 e. The third-order valence-electron chi connectivity index (χ3n) is 9.01. The van der Waals surface area contributed by atoms with Crippen LogP contribution in [0.1, 0.15) is 88.0 Å². The predicted molar refractivity (Wildman–Crippen MR) is 185 cm³/mol. The monoisotopic (exact) mass is 671 g/mol. The van der Waals surface area contributed by atoms with Gasteiger partial charge in [0, 0.05) is 42.8 Å². The SMILES string of the molecule is COC(=O)CCC1=C(C)C(Cc2[nH]c(C(=O)OCc3ccccc3)c(C)c2CCC(=O)OC)=N/C1=C\c1[nH]c(C)c(CCC(=O)OC)c1C. The average Bonchev–Trinajstić information content (AvgIpc) is 3.68. The minimum absolute atomic E-state index is 0.124. The molecule has 0 unspecified atom stereocenters. The van der Waals surface area contributed by atoms with E-state index in [1.807, 2.05) is 64.1 Å². The van der Waals surface area contributed by atoms with Crippen molar-refractivity contribution >= 4 is 35.7 Å². The van der Waals surface area contributed by atoms with Gasteiger partial charge >= 0.3 is 23.9 Å². The van der Waals surface area contributed by atoms with E-state index in [0.717, 1.165) is 56.2 Å². The van der Waals surface area contributed by atoms with Crippen LogP contribution in [0.15, 0.2) is 52.2 Å². The van der Waals surface area contributed by atoms with Crippen LogP contribution in [0, 0.1) is 20.8 Å². The van der Waals surface area contributed by atoms with Gasteiger partial charge < -0.3 is 28.9 Å². The van der Waals surface area contributed by atoms with E-state index >= 15 is 0 Å². The van der Waals surface area contributed by atoms with Crippen molar-refractivity contribution in [3.8, 4) is 0 Å². The number of allylic oxidation sites excluding steroid dienone is 2.